The van der Waals surface area contributed by atoms with Gasteiger partial charge in [-0.25, -0.2) is 8.78 Å². The highest BCUT2D eigenvalue weighted by Gasteiger charge is 2.06. The fourth-order valence-electron chi connectivity index (χ4n) is 0.732. The van der Waals surface area contributed by atoms with Crippen molar-refractivity contribution in [2.75, 3.05) is 20.0 Å². The third-order valence-electron chi connectivity index (χ3n) is 1.45. The summed E-state index contributed by atoms with van der Waals surface area (Å²) in [6, 6.07) is 0. The molecule has 0 bridgehead atoms. The molecule has 0 spiro atoms. The molecule has 0 amide bonds. The Hall–Kier alpha value is -0.180. The van der Waals surface area contributed by atoms with Crippen LogP contribution in [-0.4, -0.2) is 26.1 Å². The molecule has 11 heavy (non-hydrogen) atoms. The highest BCUT2D eigenvalue weighted by atomic mass is 19.1. The van der Waals surface area contributed by atoms with Gasteiger partial charge in [-0.3, -0.25) is 0 Å². The Morgan fingerprint density at radius 1 is 1.18 bits per heavy atom. The van der Waals surface area contributed by atoms with Crippen molar-refractivity contribution in [3.05, 3.63) is 0 Å². The fourth-order valence-corrected chi connectivity index (χ4v) is 0.732. The van der Waals surface area contributed by atoms with E-state index < -0.39 is 19.5 Å². The molecule has 0 aliphatic carbocycles. The van der Waals surface area contributed by atoms with Crippen molar-refractivity contribution in [1.29, 1.82) is 0 Å². The maximum Gasteiger partial charge on any atom is 0.118 e. The van der Waals surface area contributed by atoms with Crippen LogP contribution in [-0.2, 0) is 4.74 Å². The number of alkyl halides is 2. The van der Waals surface area contributed by atoms with Gasteiger partial charge in [-0.2, -0.15) is 0 Å². The molecule has 0 saturated heterocycles. The smallest absolute Gasteiger partial charge is 0.118 e. The second kappa shape index (κ2) is 7.92. The van der Waals surface area contributed by atoms with Gasteiger partial charge in [-0.15, -0.1) is 0 Å². The zero-order chi connectivity index (χ0) is 8.53. The molecule has 0 atom stereocenters. The van der Waals surface area contributed by atoms with Crippen LogP contribution >= 0.6 is 0 Å². The van der Waals surface area contributed by atoms with Gasteiger partial charge in [0.1, 0.15) is 19.5 Å². The summed E-state index contributed by atoms with van der Waals surface area (Å²) >= 11 is 0. The number of ether oxygens (including phenoxy) is 1. The van der Waals surface area contributed by atoms with Crippen LogP contribution in [0.3, 0.4) is 0 Å². The van der Waals surface area contributed by atoms with E-state index >= 15 is 0 Å². The highest BCUT2D eigenvalue weighted by Crippen LogP contribution is 1.99. The minimum Gasteiger partial charge on any atom is -0.373 e. The van der Waals surface area contributed by atoms with Crippen LogP contribution in [0.4, 0.5) is 8.78 Å². The maximum absolute atomic E-state index is 11.8. The fraction of sp³-hybridized carbons (Fsp3) is 1.00. The van der Waals surface area contributed by atoms with Crippen molar-refractivity contribution >= 4 is 0 Å². The summed E-state index contributed by atoms with van der Waals surface area (Å²) < 4.78 is 28.5. The first-order valence-corrected chi connectivity index (χ1v) is 4.08. The van der Waals surface area contributed by atoms with Gasteiger partial charge in [0.2, 0.25) is 0 Å². The zero-order valence-corrected chi connectivity index (χ0v) is 6.98. The van der Waals surface area contributed by atoms with Crippen LogP contribution in [0.1, 0.15) is 26.2 Å². The average molecular weight is 166 g/mol. The lowest BCUT2D eigenvalue weighted by atomic mass is 10.3. The molecule has 68 valence electrons. The first-order valence-electron chi connectivity index (χ1n) is 4.08. The number of hydrogen-bond donors (Lipinski definition) is 0. The third kappa shape index (κ3) is 6.23. The largest absolute Gasteiger partial charge is 0.373 e. The molecule has 0 aromatic heterocycles. The monoisotopic (exact) mass is 166 g/mol. The van der Waals surface area contributed by atoms with Gasteiger partial charge >= 0.3 is 0 Å². The van der Waals surface area contributed by atoms with Crippen LogP contribution in [0.15, 0.2) is 0 Å². The highest BCUT2D eigenvalue weighted by molar-refractivity contribution is 4.52. The third-order valence-corrected chi connectivity index (χ3v) is 1.45. The molecule has 1 nitrogen and oxygen atoms in total. The molecule has 0 aromatic rings. The number of unbranched alkanes of at least 4 members (excludes halogenated alkanes) is 2. The van der Waals surface area contributed by atoms with Crippen LogP contribution < -0.4 is 0 Å². The summed E-state index contributed by atoms with van der Waals surface area (Å²) in [6.45, 7) is 1.11. The first kappa shape index (κ1) is 10.8. The molecule has 0 heterocycles. The normalized spacial score (nSPS) is 10.9. The SMILES string of the molecule is CCCCCOC(CF)CF. The van der Waals surface area contributed by atoms with Crippen molar-refractivity contribution in [1.82, 2.24) is 0 Å². The predicted octanol–water partition coefficient (Wildman–Crippen LogP) is 2.50. The molecule has 0 fully saturated rings. The molecule has 0 radical (unpaired) electrons. The molecule has 0 N–H and O–H groups in total. The second-order valence-electron chi connectivity index (χ2n) is 2.51. The van der Waals surface area contributed by atoms with Gasteiger partial charge in [0.15, 0.2) is 0 Å². The lowest BCUT2D eigenvalue weighted by molar-refractivity contribution is 0.0182. The second-order valence-corrected chi connectivity index (χ2v) is 2.51. The Kier molecular flexibility index (Phi) is 7.79. The number of hydrogen-bond acceptors (Lipinski definition) is 1. The van der Waals surface area contributed by atoms with Crippen LogP contribution in [0, 0.1) is 0 Å². The van der Waals surface area contributed by atoms with Gasteiger partial charge in [-0.05, 0) is 6.42 Å². The van der Waals surface area contributed by atoms with E-state index in [2.05, 4.69) is 6.92 Å². The Morgan fingerprint density at radius 3 is 2.27 bits per heavy atom. The minimum absolute atomic E-state index is 0.479. The standard InChI is InChI=1S/C8H16F2O/c1-2-3-4-5-11-8(6-9)7-10/h8H,2-7H2,1H3. The zero-order valence-electron chi connectivity index (χ0n) is 6.98. The van der Waals surface area contributed by atoms with Crippen molar-refractivity contribution in [2.45, 2.75) is 32.3 Å². The Bertz CT molecular complexity index is 74.5. The Balaban J connectivity index is 3.07. The topological polar surface area (TPSA) is 9.23 Å². The van der Waals surface area contributed by atoms with Crippen molar-refractivity contribution < 1.29 is 13.5 Å². The van der Waals surface area contributed by atoms with E-state index in [0.29, 0.717) is 6.61 Å². The summed E-state index contributed by atoms with van der Waals surface area (Å²) in [7, 11) is 0. The Morgan fingerprint density at radius 2 is 1.82 bits per heavy atom. The van der Waals surface area contributed by atoms with E-state index in [4.69, 9.17) is 4.74 Å². The van der Waals surface area contributed by atoms with E-state index in [1.807, 2.05) is 0 Å². The van der Waals surface area contributed by atoms with Gasteiger partial charge < -0.3 is 4.74 Å². The molecule has 0 aliphatic rings. The van der Waals surface area contributed by atoms with Gasteiger partial charge in [0.25, 0.3) is 0 Å². The van der Waals surface area contributed by atoms with Gasteiger partial charge in [0, 0.05) is 6.61 Å². The molecule has 0 rings (SSSR count). The molecule has 0 unspecified atom stereocenters. The molecular weight excluding hydrogens is 150 g/mol. The maximum atomic E-state index is 11.8. The van der Waals surface area contributed by atoms with Crippen molar-refractivity contribution in [3.8, 4) is 0 Å². The van der Waals surface area contributed by atoms with E-state index in [1.165, 1.54) is 0 Å². The Labute approximate surface area is 66.7 Å². The number of halogens is 2. The van der Waals surface area contributed by atoms with E-state index in [1.54, 1.807) is 0 Å². The predicted molar refractivity (Wildman–Crippen MR) is 41.2 cm³/mol. The van der Waals surface area contributed by atoms with Crippen molar-refractivity contribution in [3.63, 3.8) is 0 Å². The van der Waals surface area contributed by atoms with Crippen LogP contribution in [0.25, 0.3) is 0 Å². The molecule has 0 aromatic carbocycles. The minimum atomic E-state index is -0.827. The lowest BCUT2D eigenvalue weighted by Crippen LogP contribution is -2.18. The average Bonchev–Trinajstić information content (AvgIpc) is 2.05. The quantitative estimate of drug-likeness (QED) is 0.528. The first-order chi connectivity index (χ1) is 5.35. The van der Waals surface area contributed by atoms with Gasteiger partial charge in [-0.1, -0.05) is 19.8 Å². The van der Waals surface area contributed by atoms with E-state index in [0.717, 1.165) is 19.3 Å². The molecular formula is C8H16F2O. The van der Waals surface area contributed by atoms with Gasteiger partial charge in [0.05, 0.1) is 0 Å². The summed E-state index contributed by atoms with van der Waals surface area (Å²) in [4.78, 5) is 0. The number of rotatable bonds is 7. The summed E-state index contributed by atoms with van der Waals surface area (Å²) in [5.41, 5.74) is 0. The van der Waals surface area contributed by atoms with Crippen molar-refractivity contribution in [2.24, 2.45) is 0 Å². The molecule has 0 saturated carbocycles. The lowest BCUT2D eigenvalue weighted by Gasteiger charge is -2.09. The van der Waals surface area contributed by atoms with E-state index in [9.17, 15) is 8.78 Å². The van der Waals surface area contributed by atoms with E-state index in [-0.39, 0.29) is 0 Å². The molecule has 3 heteroatoms. The summed E-state index contributed by atoms with van der Waals surface area (Å²) in [5.74, 6) is 0. The van der Waals surface area contributed by atoms with Crippen LogP contribution in [0.2, 0.25) is 0 Å². The molecule has 0 aliphatic heterocycles. The van der Waals surface area contributed by atoms with Crippen LogP contribution in [0.5, 0.6) is 0 Å². The summed E-state index contributed by atoms with van der Waals surface area (Å²) in [6.07, 6.45) is 2.23. The summed E-state index contributed by atoms with van der Waals surface area (Å²) in [5, 5.41) is 0.